The number of carbonyl (C=O) groups excluding carboxylic acids is 1. The van der Waals surface area contributed by atoms with Gasteiger partial charge in [0, 0.05) is 17.6 Å². The summed E-state index contributed by atoms with van der Waals surface area (Å²) in [4.78, 5) is 29.5. The number of hydrogen-bond acceptors (Lipinski definition) is 4. The Morgan fingerprint density at radius 2 is 2.08 bits per heavy atom. The Morgan fingerprint density at radius 1 is 1.38 bits per heavy atom. The molecule has 2 rings (SSSR count). The molecule has 24 heavy (non-hydrogen) atoms. The number of fused-ring (bicyclic) bond motifs is 1. The number of rotatable bonds is 6. The second kappa shape index (κ2) is 8.16. The lowest BCUT2D eigenvalue weighted by Crippen LogP contribution is -2.34. The van der Waals surface area contributed by atoms with Crippen molar-refractivity contribution in [2.24, 2.45) is 5.92 Å². The van der Waals surface area contributed by atoms with Gasteiger partial charge in [0.25, 0.3) is 5.56 Å². The maximum atomic E-state index is 12.7. The van der Waals surface area contributed by atoms with Gasteiger partial charge in [-0.2, -0.15) is 0 Å². The molecule has 0 aliphatic carbocycles. The van der Waals surface area contributed by atoms with E-state index in [-0.39, 0.29) is 16.7 Å². The summed E-state index contributed by atoms with van der Waals surface area (Å²) in [7, 11) is 0. The van der Waals surface area contributed by atoms with Crippen molar-refractivity contribution in [3.05, 3.63) is 33.0 Å². The number of nitrogens with one attached hydrogen (secondary N) is 1. The van der Waals surface area contributed by atoms with E-state index in [0.717, 1.165) is 4.47 Å². The van der Waals surface area contributed by atoms with Gasteiger partial charge in [0.1, 0.15) is 0 Å². The first-order valence-corrected chi connectivity index (χ1v) is 9.65. The number of benzene rings is 1. The average molecular weight is 412 g/mol. The molecule has 0 saturated heterocycles. The molecule has 0 spiro atoms. The summed E-state index contributed by atoms with van der Waals surface area (Å²) in [5, 5.41) is 3.75. The summed E-state index contributed by atoms with van der Waals surface area (Å²) in [6, 6.07) is 5.46. The standard InChI is InChI=1S/C17H22BrN3O2S/c1-5-21-16(23)13-8-12(18)6-7-14(13)20-17(21)24-11(4)15(22)19-9-10(2)3/h6-8,10-11H,5,9H2,1-4H3,(H,19,22). The van der Waals surface area contributed by atoms with E-state index < -0.39 is 0 Å². The molecule has 1 amide bonds. The molecule has 0 fully saturated rings. The zero-order valence-electron chi connectivity index (χ0n) is 14.3. The fourth-order valence-corrected chi connectivity index (χ4v) is 3.56. The topological polar surface area (TPSA) is 64.0 Å². The second-order valence-corrected chi connectivity index (χ2v) is 8.23. The van der Waals surface area contributed by atoms with Gasteiger partial charge < -0.3 is 5.32 Å². The molecule has 0 radical (unpaired) electrons. The summed E-state index contributed by atoms with van der Waals surface area (Å²) in [6.07, 6.45) is 0. The number of carbonyl (C=O) groups is 1. The highest BCUT2D eigenvalue weighted by atomic mass is 79.9. The van der Waals surface area contributed by atoms with Gasteiger partial charge in [-0.3, -0.25) is 14.2 Å². The molecule has 1 aromatic heterocycles. The van der Waals surface area contributed by atoms with Crippen molar-refractivity contribution in [3.8, 4) is 0 Å². The molecular formula is C17H22BrN3O2S. The Balaban J connectivity index is 2.33. The number of nitrogens with zero attached hydrogens (tertiary/aromatic N) is 2. The van der Waals surface area contributed by atoms with Gasteiger partial charge in [-0.15, -0.1) is 0 Å². The SMILES string of the molecule is CCn1c(SC(C)C(=O)NCC(C)C)nc2ccc(Br)cc2c1=O. The van der Waals surface area contributed by atoms with Crippen LogP contribution in [0.3, 0.4) is 0 Å². The summed E-state index contributed by atoms with van der Waals surface area (Å²) in [5.41, 5.74) is 0.561. The number of aromatic nitrogens is 2. The minimum atomic E-state index is -0.318. The monoisotopic (exact) mass is 411 g/mol. The minimum Gasteiger partial charge on any atom is -0.355 e. The molecule has 1 N–H and O–H groups in total. The van der Waals surface area contributed by atoms with Crippen LogP contribution < -0.4 is 10.9 Å². The molecule has 2 aromatic rings. The maximum absolute atomic E-state index is 12.7. The first-order chi connectivity index (χ1) is 11.3. The Kier molecular flexibility index (Phi) is 6.46. The molecule has 1 heterocycles. The van der Waals surface area contributed by atoms with Crippen LogP contribution in [0.2, 0.25) is 0 Å². The lowest BCUT2D eigenvalue weighted by atomic mass is 10.2. The Bertz CT molecular complexity index is 804. The van der Waals surface area contributed by atoms with Crippen LogP contribution in [0, 0.1) is 5.92 Å². The Morgan fingerprint density at radius 3 is 2.71 bits per heavy atom. The molecule has 7 heteroatoms. The molecule has 130 valence electrons. The quantitative estimate of drug-likeness (QED) is 0.583. The molecule has 0 aliphatic heterocycles. The van der Waals surface area contributed by atoms with E-state index in [9.17, 15) is 9.59 Å². The highest BCUT2D eigenvalue weighted by Crippen LogP contribution is 2.24. The first kappa shape index (κ1) is 19.0. The van der Waals surface area contributed by atoms with Crippen molar-refractivity contribution in [2.45, 2.75) is 44.6 Å². The number of amides is 1. The summed E-state index contributed by atoms with van der Waals surface area (Å²) in [5.74, 6) is 0.360. The van der Waals surface area contributed by atoms with Crippen molar-refractivity contribution >= 4 is 44.5 Å². The van der Waals surface area contributed by atoms with Crippen LogP contribution in [0.15, 0.2) is 32.6 Å². The van der Waals surface area contributed by atoms with Crippen molar-refractivity contribution in [1.82, 2.24) is 14.9 Å². The second-order valence-electron chi connectivity index (χ2n) is 6.00. The minimum absolute atomic E-state index is 0.0403. The average Bonchev–Trinajstić information content (AvgIpc) is 2.53. The molecule has 0 aliphatic rings. The largest absolute Gasteiger partial charge is 0.355 e. The highest BCUT2D eigenvalue weighted by Gasteiger charge is 2.19. The first-order valence-electron chi connectivity index (χ1n) is 7.98. The lowest BCUT2D eigenvalue weighted by molar-refractivity contribution is -0.120. The molecule has 0 bridgehead atoms. The molecule has 0 saturated carbocycles. The van der Waals surface area contributed by atoms with E-state index in [4.69, 9.17) is 0 Å². The van der Waals surface area contributed by atoms with Crippen molar-refractivity contribution in [3.63, 3.8) is 0 Å². The smallest absolute Gasteiger partial charge is 0.262 e. The van der Waals surface area contributed by atoms with Crippen LogP contribution in [0.5, 0.6) is 0 Å². The van der Waals surface area contributed by atoms with Crippen LogP contribution in [-0.4, -0.2) is 27.3 Å². The van der Waals surface area contributed by atoms with E-state index in [1.54, 1.807) is 10.6 Å². The third-order valence-corrected chi connectivity index (χ3v) is 5.12. The van der Waals surface area contributed by atoms with Crippen molar-refractivity contribution < 1.29 is 4.79 Å². The summed E-state index contributed by atoms with van der Waals surface area (Å²) >= 11 is 4.70. The third-order valence-electron chi connectivity index (χ3n) is 3.53. The van der Waals surface area contributed by atoms with Crippen LogP contribution in [0.1, 0.15) is 27.7 Å². The van der Waals surface area contributed by atoms with Gasteiger partial charge in [-0.1, -0.05) is 41.5 Å². The zero-order chi connectivity index (χ0) is 17.9. The molecule has 5 nitrogen and oxygen atoms in total. The van der Waals surface area contributed by atoms with Crippen molar-refractivity contribution in [1.29, 1.82) is 0 Å². The normalized spacial score (nSPS) is 12.6. The van der Waals surface area contributed by atoms with Gasteiger partial charge >= 0.3 is 0 Å². The van der Waals surface area contributed by atoms with Gasteiger partial charge in [-0.05, 0) is 38.0 Å². The molecule has 1 unspecified atom stereocenters. The Labute approximate surface area is 154 Å². The zero-order valence-corrected chi connectivity index (χ0v) is 16.7. The van der Waals surface area contributed by atoms with Crippen LogP contribution >= 0.6 is 27.7 Å². The van der Waals surface area contributed by atoms with E-state index in [2.05, 4.69) is 40.1 Å². The van der Waals surface area contributed by atoms with Gasteiger partial charge in [0.2, 0.25) is 5.91 Å². The molecule has 1 aromatic carbocycles. The number of halogens is 1. The van der Waals surface area contributed by atoms with E-state index in [0.29, 0.717) is 35.1 Å². The number of thioether (sulfide) groups is 1. The van der Waals surface area contributed by atoms with Crippen LogP contribution in [0.25, 0.3) is 10.9 Å². The summed E-state index contributed by atoms with van der Waals surface area (Å²) in [6.45, 7) is 8.99. The maximum Gasteiger partial charge on any atom is 0.262 e. The van der Waals surface area contributed by atoms with Gasteiger partial charge in [0.05, 0.1) is 16.2 Å². The van der Waals surface area contributed by atoms with Crippen LogP contribution in [0.4, 0.5) is 0 Å². The van der Waals surface area contributed by atoms with Gasteiger partial charge in [-0.25, -0.2) is 4.98 Å². The molecule has 1 atom stereocenters. The van der Waals surface area contributed by atoms with Crippen LogP contribution in [-0.2, 0) is 11.3 Å². The predicted molar refractivity (Wildman–Crippen MR) is 103 cm³/mol. The van der Waals surface area contributed by atoms with E-state index in [1.165, 1.54) is 11.8 Å². The summed E-state index contributed by atoms with van der Waals surface area (Å²) < 4.78 is 2.46. The van der Waals surface area contributed by atoms with E-state index >= 15 is 0 Å². The fourth-order valence-electron chi connectivity index (χ4n) is 2.20. The lowest BCUT2D eigenvalue weighted by Gasteiger charge is -2.16. The Hall–Kier alpha value is -1.34. The fraction of sp³-hybridized carbons (Fsp3) is 0.471. The third kappa shape index (κ3) is 4.39. The van der Waals surface area contributed by atoms with Crippen molar-refractivity contribution in [2.75, 3.05) is 6.54 Å². The number of hydrogen-bond donors (Lipinski definition) is 1. The highest BCUT2D eigenvalue weighted by molar-refractivity contribution is 9.10. The molecular weight excluding hydrogens is 390 g/mol. The predicted octanol–water partition coefficient (Wildman–Crippen LogP) is 3.43. The van der Waals surface area contributed by atoms with E-state index in [1.807, 2.05) is 26.0 Å². The van der Waals surface area contributed by atoms with Gasteiger partial charge in [0.15, 0.2) is 5.16 Å².